The van der Waals surface area contributed by atoms with Gasteiger partial charge in [0.1, 0.15) is 0 Å². The Morgan fingerprint density at radius 3 is 2.43 bits per heavy atom. The van der Waals surface area contributed by atoms with Gasteiger partial charge in [0.25, 0.3) is 0 Å². The number of hydrogen-bond donors (Lipinski definition) is 1. The van der Waals surface area contributed by atoms with Crippen molar-refractivity contribution in [2.75, 3.05) is 14.1 Å². The molecule has 5 nitrogen and oxygen atoms in total. The van der Waals surface area contributed by atoms with Gasteiger partial charge in [0.15, 0.2) is 6.04 Å². The molecule has 1 rings (SSSR count). The summed E-state index contributed by atoms with van der Waals surface area (Å²) in [7, 11) is 3.39. The molecule has 0 aliphatic carbocycles. The van der Waals surface area contributed by atoms with Gasteiger partial charge in [-0.1, -0.05) is 0 Å². The highest BCUT2D eigenvalue weighted by atomic mass is 16.4. The molecule has 1 unspecified atom stereocenters. The van der Waals surface area contributed by atoms with Crippen molar-refractivity contribution in [1.29, 1.82) is 0 Å². The Hall–Kier alpha value is -1.49. The molecule has 0 spiro atoms. The highest BCUT2D eigenvalue weighted by Gasteiger charge is 2.23. The summed E-state index contributed by atoms with van der Waals surface area (Å²) >= 11 is 0. The Bertz CT molecular complexity index is 321. The lowest BCUT2D eigenvalue weighted by atomic mass is 10.2. The number of aliphatic carboxylic acids is 1. The van der Waals surface area contributed by atoms with Crippen LogP contribution in [0.4, 0.5) is 0 Å². The smallest absolute Gasteiger partial charge is 0.327 e. The molecule has 0 aromatic carbocycles. The number of carboxylic acids is 1. The van der Waals surface area contributed by atoms with Crippen LogP contribution in [0.2, 0.25) is 0 Å². The predicted octanol–water partition coefficient (Wildman–Crippen LogP) is 0.472. The topological polar surface area (TPSA) is 66.3 Å². The number of hydrogen-bond acceptors (Lipinski definition) is 4. The molecule has 5 heteroatoms. The summed E-state index contributed by atoms with van der Waals surface area (Å²) in [6.07, 6.45) is 3.06. The molecule has 0 amide bonds. The number of carboxylic acid groups (broad SMARTS) is 1. The first-order valence-electron chi connectivity index (χ1n) is 4.20. The number of nitrogens with zero attached hydrogens (tertiary/aromatic N) is 3. The van der Waals surface area contributed by atoms with Crippen LogP contribution in [0.25, 0.3) is 0 Å². The Labute approximate surface area is 82.4 Å². The molecular formula is C9H13N3O2. The van der Waals surface area contributed by atoms with E-state index in [0.717, 1.165) is 5.69 Å². The lowest BCUT2D eigenvalue weighted by Gasteiger charge is -2.18. The Kier molecular flexibility index (Phi) is 3.14. The van der Waals surface area contributed by atoms with Crippen LogP contribution in [-0.2, 0) is 4.79 Å². The van der Waals surface area contributed by atoms with Gasteiger partial charge in [0, 0.05) is 6.20 Å². The van der Waals surface area contributed by atoms with Crippen LogP contribution in [0.1, 0.15) is 17.4 Å². The molecule has 0 bridgehead atoms. The average Bonchev–Trinajstić information content (AvgIpc) is 2.07. The van der Waals surface area contributed by atoms with Crippen molar-refractivity contribution in [3.8, 4) is 0 Å². The summed E-state index contributed by atoms with van der Waals surface area (Å²) in [4.78, 5) is 20.6. The van der Waals surface area contributed by atoms with Crippen molar-refractivity contribution in [1.82, 2.24) is 14.9 Å². The van der Waals surface area contributed by atoms with Crippen molar-refractivity contribution in [3.05, 3.63) is 23.8 Å². The zero-order valence-corrected chi connectivity index (χ0v) is 8.43. The second-order valence-corrected chi connectivity index (χ2v) is 3.29. The van der Waals surface area contributed by atoms with Gasteiger partial charge in [-0.2, -0.15) is 0 Å². The molecule has 1 N–H and O–H groups in total. The van der Waals surface area contributed by atoms with Gasteiger partial charge in [0.2, 0.25) is 0 Å². The van der Waals surface area contributed by atoms with E-state index >= 15 is 0 Å². The summed E-state index contributed by atoms with van der Waals surface area (Å²) in [5.74, 6) is -0.923. The van der Waals surface area contributed by atoms with E-state index in [2.05, 4.69) is 9.97 Å². The van der Waals surface area contributed by atoms with E-state index in [9.17, 15) is 4.79 Å². The molecule has 0 saturated carbocycles. The molecule has 76 valence electrons. The monoisotopic (exact) mass is 195 g/mol. The van der Waals surface area contributed by atoms with Gasteiger partial charge in [-0.05, 0) is 21.0 Å². The van der Waals surface area contributed by atoms with Gasteiger partial charge >= 0.3 is 5.97 Å². The third-order valence-corrected chi connectivity index (χ3v) is 1.83. The SMILES string of the molecule is Cc1cnc(C(C(=O)O)N(C)C)cn1. The van der Waals surface area contributed by atoms with Gasteiger partial charge in [-0.3, -0.25) is 19.7 Å². The fourth-order valence-corrected chi connectivity index (χ4v) is 1.16. The van der Waals surface area contributed by atoms with Crippen molar-refractivity contribution >= 4 is 5.97 Å². The molecule has 0 radical (unpaired) electrons. The fraction of sp³-hybridized carbons (Fsp3) is 0.444. The summed E-state index contributed by atoms with van der Waals surface area (Å²) in [5.41, 5.74) is 1.23. The zero-order chi connectivity index (χ0) is 10.7. The minimum absolute atomic E-state index is 0.452. The third kappa shape index (κ3) is 2.26. The highest BCUT2D eigenvalue weighted by molar-refractivity contribution is 5.74. The zero-order valence-electron chi connectivity index (χ0n) is 8.43. The van der Waals surface area contributed by atoms with E-state index in [1.54, 1.807) is 25.2 Å². The first-order chi connectivity index (χ1) is 6.52. The van der Waals surface area contributed by atoms with E-state index in [0.29, 0.717) is 5.69 Å². The first-order valence-corrected chi connectivity index (χ1v) is 4.20. The van der Waals surface area contributed by atoms with E-state index < -0.39 is 12.0 Å². The van der Waals surface area contributed by atoms with E-state index in [1.807, 2.05) is 6.92 Å². The highest BCUT2D eigenvalue weighted by Crippen LogP contribution is 2.14. The Morgan fingerprint density at radius 2 is 2.07 bits per heavy atom. The lowest BCUT2D eigenvalue weighted by Crippen LogP contribution is -2.28. The standard InChI is InChI=1S/C9H13N3O2/c1-6-4-11-7(5-10-6)8(9(13)14)12(2)3/h4-5,8H,1-3H3,(H,13,14). The molecular weight excluding hydrogens is 182 g/mol. The largest absolute Gasteiger partial charge is 0.480 e. The first kappa shape index (κ1) is 10.6. The number of likely N-dealkylation sites (N-methyl/N-ethyl adjacent to an activating group) is 1. The van der Waals surface area contributed by atoms with Crippen LogP contribution in [0.15, 0.2) is 12.4 Å². The Morgan fingerprint density at radius 1 is 1.43 bits per heavy atom. The molecule has 1 aromatic rings. The van der Waals surface area contributed by atoms with Crippen molar-refractivity contribution < 1.29 is 9.90 Å². The molecule has 1 heterocycles. The van der Waals surface area contributed by atoms with Gasteiger partial charge < -0.3 is 5.11 Å². The lowest BCUT2D eigenvalue weighted by molar-refractivity contribution is -0.142. The summed E-state index contributed by atoms with van der Waals surface area (Å²) in [5, 5.41) is 8.96. The van der Waals surface area contributed by atoms with E-state index in [4.69, 9.17) is 5.11 Å². The van der Waals surface area contributed by atoms with Gasteiger partial charge in [-0.25, -0.2) is 0 Å². The Balaban J connectivity index is 3.00. The molecule has 14 heavy (non-hydrogen) atoms. The maximum Gasteiger partial charge on any atom is 0.327 e. The fourth-order valence-electron chi connectivity index (χ4n) is 1.16. The number of aryl methyl sites for hydroxylation is 1. The van der Waals surface area contributed by atoms with Crippen LogP contribution in [0, 0.1) is 6.92 Å². The van der Waals surface area contributed by atoms with Crippen molar-refractivity contribution in [3.63, 3.8) is 0 Å². The summed E-state index contributed by atoms with van der Waals surface area (Å²) in [6, 6.07) is -0.733. The van der Waals surface area contributed by atoms with Crippen LogP contribution < -0.4 is 0 Å². The number of carbonyl (C=O) groups is 1. The third-order valence-electron chi connectivity index (χ3n) is 1.83. The average molecular weight is 195 g/mol. The summed E-state index contributed by atoms with van der Waals surface area (Å²) in [6.45, 7) is 1.81. The van der Waals surface area contributed by atoms with Crippen LogP contribution in [0.5, 0.6) is 0 Å². The van der Waals surface area contributed by atoms with Gasteiger partial charge in [-0.15, -0.1) is 0 Å². The second kappa shape index (κ2) is 4.15. The quantitative estimate of drug-likeness (QED) is 0.759. The normalized spacial score (nSPS) is 12.9. The maximum absolute atomic E-state index is 10.9. The van der Waals surface area contributed by atoms with Crippen molar-refractivity contribution in [2.24, 2.45) is 0 Å². The van der Waals surface area contributed by atoms with E-state index in [1.165, 1.54) is 6.20 Å². The van der Waals surface area contributed by atoms with Crippen LogP contribution in [0.3, 0.4) is 0 Å². The van der Waals surface area contributed by atoms with E-state index in [-0.39, 0.29) is 0 Å². The van der Waals surface area contributed by atoms with Crippen LogP contribution >= 0.6 is 0 Å². The minimum Gasteiger partial charge on any atom is -0.480 e. The molecule has 0 saturated heterocycles. The minimum atomic E-state index is -0.923. The van der Waals surface area contributed by atoms with Gasteiger partial charge in [0.05, 0.1) is 17.6 Å². The van der Waals surface area contributed by atoms with Crippen LogP contribution in [-0.4, -0.2) is 40.0 Å². The molecule has 1 aromatic heterocycles. The molecule has 0 aliphatic heterocycles. The number of rotatable bonds is 3. The predicted molar refractivity (Wildman–Crippen MR) is 50.8 cm³/mol. The summed E-state index contributed by atoms with van der Waals surface area (Å²) < 4.78 is 0. The molecule has 0 aliphatic rings. The molecule has 1 atom stereocenters. The van der Waals surface area contributed by atoms with Crippen molar-refractivity contribution in [2.45, 2.75) is 13.0 Å². The molecule has 0 fully saturated rings. The second-order valence-electron chi connectivity index (χ2n) is 3.29. The number of aromatic nitrogens is 2. The maximum atomic E-state index is 10.9.